The number of aliphatic hydroxyl groups excluding tert-OH is 1. The van der Waals surface area contributed by atoms with Gasteiger partial charge in [0.25, 0.3) is 0 Å². The minimum atomic E-state index is -3.42. The maximum Gasteiger partial charge on any atom is 0.244 e. The number of aliphatic imine (C=N–C) groups is 1. The highest BCUT2D eigenvalue weighted by Gasteiger charge is 2.24. The Bertz CT molecular complexity index is 981. The van der Waals surface area contributed by atoms with Crippen LogP contribution in [-0.4, -0.2) is 49.6 Å². The minimum absolute atomic E-state index is 0.238. The molecular weight excluding hydrogens is 432 g/mol. The van der Waals surface area contributed by atoms with E-state index in [9.17, 15) is 18.3 Å². The SMILES string of the molecule is CS(=O)(=O)NC=N[C@@H](CC1CCCCC1)C(=O)NCCC[C@H](O)c1nc2ccccc2o1. The number of sulfonamides is 1. The number of hydrogen-bond acceptors (Lipinski definition) is 7. The molecule has 1 fully saturated rings. The molecule has 9 nitrogen and oxygen atoms in total. The Balaban J connectivity index is 1.49. The molecule has 1 heterocycles. The van der Waals surface area contributed by atoms with Crippen molar-refractivity contribution >= 4 is 33.4 Å². The number of nitrogens with one attached hydrogen (secondary N) is 2. The van der Waals surface area contributed by atoms with Crippen LogP contribution < -0.4 is 10.0 Å². The summed E-state index contributed by atoms with van der Waals surface area (Å²) in [5, 5.41) is 13.2. The lowest BCUT2D eigenvalue weighted by atomic mass is 9.85. The lowest BCUT2D eigenvalue weighted by molar-refractivity contribution is -0.122. The second kappa shape index (κ2) is 11.4. The smallest absolute Gasteiger partial charge is 0.244 e. The highest BCUT2D eigenvalue weighted by atomic mass is 32.2. The molecule has 1 saturated carbocycles. The van der Waals surface area contributed by atoms with E-state index in [-0.39, 0.29) is 11.8 Å². The average molecular weight is 465 g/mol. The molecule has 0 radical (unpaired) electrons. The highest BCUT2D eigenvalue weighted by molar-refractivity contribution is 7.89. The number of amides is 1. The number of fused-ring (bicyclic) bond motifs is 1. The molecule has 1 aromatic carbocycles. The van der Waals surface area contributed by atoms with E-state index in [1.165, 1.54) is 6.42 Å². The number of hydrogen-bond donors (Lipinski definition) is 3. The predicted octanol–water partition coefficient (Wildman–Crippen LogP) is 2.67. The van der Waals surface area contributed by atoms with Crippen LogP contribution in [0.3, 0.4) is 0 Å². The van der Waals surface area contributed by atoms with Gasteiger partial charge in [0.05, 0.1) is 12.6 Å². The molecule has 1 aliphatic rings. The minimum Gasteiger partial charge on any atom is -0.438 e. The van der Waals surface area contributed by atoms with Crippen molar-refractivity contribution in [3.8, 4) is 0 Å². The Morgan fingerprint density at radius 2 is 2.06 bits per heavy atom. The summed E-state index contributed by atoms with van der Waals surface area (Å²) in [5.41, 5.74) is 1.32. The molecule has 0 bridgehead atoms. The Kier molecular flexibility index (Phi) is 8.63. The van der Waals surface area contributed by atoms with Crippen molar-refractivity contribution in [3.63, 3.8) is 0 Å². The molecule has 3 rings (SSSR count). The molecule has 2 aromatic rings. The molecule has 0 saturated heterocycles. The van der Waals surface area contributed by atoms with Gasteiger partial charge in [0.15, 0.2) is 5.58 Å². The first-order valence-corrected chi connectivity index (χ1v) is 13.0. The number of carbonyl (C=O) groups is 1. The first kappa shape index (κ1) is 24.2. The van der Waals surface area contributed by atoms with Gasteiger partial charge in [0.1, 0.15) is 17.7 Å². The number of para-hydroxylation sites is 2. The van der Waals surface area contributed by atoms with Crippen LogP contribution in [0, 0.1) is 5.92 Å². The van der Waals surface area contributed by atoms with Gasteiger partial charge in [0.2, 0.25) is 21.8 Å². The highest BCUT2D eigenvalue weighted by Crippen LogP contribution is 2.28. The van der Waals surface area contributed by atoms with Gasteiger partial charge in [-0.3, -0.25) is 14.5 Å². The summed E-state index contributed by atoms with van der Waals surface area (Å²) in [6, 6.07) is 6.67. The molecule has 1 aromatic heterocycles. The molecule has 0 spiro atoms. The molecule has 10 heteroatoms. The summed E-state index contributed by atoms with van der Waals surface area (Å²) in [5.74, 6) is 0.443. The van der Waals surface area contributed by atoms with Crippen LogP contribution in [0.4, 0.5) is 0 Å². The van der Waals surface area contributed by atoms with E-state index in [0.717, 1.165) is 38.3 Å². The van der Waals surface area contributed by atoms with Gasteiger partial charge in [-0.05, 0) is 37.3 Å². The summed E-state index contributed by atoms with van der Waals surface area (Å²) in [7, 11) is -3.42. The third-order valence-electron chi connectivity index (χ3n) is 5.65. The Morgan fingerprint density at radius 3 is 2.78 bits per heavy atom. The van der Waals surface area contributed by atoms with Crippen LogP contribution in [0.2, 0.25) is 0 Å². The number of oxazole rings is 1. The summed E-state index contributed by atoms with van der Waals surface area (Å²) in [6.07, 6.45) is 8.45. The monoisotopic (exact) mass is 464 g/mol. The maximum atomic E-state index is 12.7. The third-order valence-corrected chi connectivity index (χ3v) is 6.19. The number of nitrogens with zero attached hydrogens (tertiary/aromatic N) is 2. The van der Waals surface area contributed by atoms with Crippen molar-refractivity contribution < 1.29 is 22.7 Å². The summed E-state index contributed by atoms with van der Waals surface area (Å²) >= 11 is 0. The van der Waals surface area contributed by atoms with E-state index in [1.54, 1.807) is 6.07 Å². The standard InChI is InChI=1S/C22H32N4O5S/c1-32(29,30)25-15-24-18(14-16-8-3-2-4-9-16)21(28)23-13-7-11-19(27)22-26-17-10-5-6-12-20(17)31-22/h5-6,10,12,15-16,18-19,27H,2-4,7-9,11,13-14H2,1H3,(H,23,28)(H,24,25)/t18-,19-/m0/s1. The van der Waals surface area contributed by atoms with Gasteiger partial charge in [0, 0.05) is 6.54 Å². The maximum absolute atomic E-state index is 12.7. The normalized spacial score (nSPS) is 17.4. The Labute approximate surface area is 188 Å². The largest absolute Gasteiger partial charge is 0.438 e. The molecule has 0 aliphatic heterocycles. The summed E-state index contributed by atoms with van der Waals surface area (Å²) in [6.45, 7) is 0.367. The molecule has 3 N–H and O–H groups in total. The zero-order valence-electron chi connectivity index (χ0n) is 18.4. The Hall–Kier alpha value is -2.46. The van der Waals surface area contributed by atoms with Crippen LogP contribution in [0.5, 0.6) is 0 Å². The van der Waals surface area contributed by atoms with E-state index < -0.39 is 22.2 Å². The van der Waals surface area contributed by atoms with Gasteiger partial charge < -0.3 is 14.8 Å². The molecule has 176 valence electrons. The van der Waals surface area contributed by atoms with Crippen molar-refractivity contribution in [2.45, 2.75) is 63.5 Å². The molecular formula is C22H32N4O5S. The van der Waals surface area contributed by atoms with E-state index in [0.29, 0.717) is 42.8 Å². The lowest BCUT2D eigenvalue weighted by Gasteiger charge is -2.24. The van der Waals surface area contributed by atoms with Gasteiger partial charge in [-0.15, -0.1) is 0 Å². The van der Waals surface area contributed by atoms with Gasteiger partial charge >= 0.3 is 0 Å². The fraction of sp³-hybridized carbons (Fsp3) is 0.591. The number of aromatic nitrogens is 1. The predicted molar refractivity (Wildman–Crippen MR) is 123 cm³/mol. The van der Waals surface area contributed by atoms with E-state index in [4.69, 9.17) is 4.42 Å². The van der Waals surface area contributed by atoms with Crippen molar-refractivity contribution in [1.82, 2.24) is 15.0 Å². The number of aliphatic hydroxyl groups is 1. The van der Waals surface area contributed by atoms with Crippen LogP contribution >= 0.6 is 0 Å². The lowest BCUT2D eigenvalue weighted by Crippen LogP contribution is -2.36. The average Bonchev–Trinajstić information content (AvgIpc) is 3.20. The number of benzene rings is 1. The van der Waals surface area contributed by atoms with Crippen LogP contribution in [-0.2, 0) is 14.8 Å². The van der Waals surface area contributed by atoms with E-state index in [2.05, 4.69) is 20.0 Å². The summed E-state index contributed by atoms with van der Waals surface area (Å²) < 4.78 is 30.3. The quantitative estimate of drug-likeness (QED) is 0.266. The summed E-state index contributed by atoms with van der Waals surface area (Å²) in [4.78, 5) is 21.2. The van der Waals surface area contributed by atoms with Crippen molar-refractivity contribution in [2.24, 2.45) is 10.9 Å². The van der Waals surface area contributed by atoms with Crippen molar-refractivity contribution in [3.05, 3.63) is 30.2 Å². The molecule has 0 unspecified atom stereocenters. The van der Waals surface area contributed by atoms with Gasteiger partial charge in [-0.25, -0.2) is 13.4 Å². The number of rotatable bonds is 11. The second-order valence-corrected chi connectivity index (χ2v) is 10.2. The second-order valence-electron chi connectivity index (χ2n) is 8.39. The van der Waals surface area contributed by atoms with Crippen LogP contribution in [0.15, 0.2) is 33.7 Å². The topological polar surface area (TPSA) is 134 Å². The number of carbonyl (C=O) groups excluding carboxylic acids is 1. The van der Waals surface area contributed by atoms with Gasteiger partial charge in [-0.1, -0.05) is 44.2 Å². The van der Waals surface area contributed by atoms with Crippen molar-refractivity contribution in [2.75, 3.05) is 12.8 Å². The molecule has 32 heavy (non-hydrogen) atoms. The molecule has 1 amide bonds. The van der Waals surface area contributed by atoms with Crippen LogP contribution in [0.25, 0.3) is 11.1 Å². The van der Waals surface area contributed by atoms with Crippen molar-refractivity contribution in [1.29, 1.82) is 0 Å². The van der Waals surface area contributed by atoms with E-state index >= 15 is 0 Å². The zero-order chi connectivity index (χ0) is 23.0. The van der Waals surface area contributed by atoms with E-state index in [1.807, 2.05) is 18.2 Å². The fourth-order valence-electron chi connectivity index (χ4n) is 3.97. The third kappa shape index (κ3) is 7.59. The molecule has 2 atom stereocenters. The fourth-order valence-corrected chi connectivity index (χ4v) is 4.22. The zero-order valence-corrected chi connectivity index (χ0v) is 19.2. The van der Waals surface area contributed by atoms with Crippen LogP contribution in [0.1, 0.15) is 63.4 Å². The molecule has 1 aliphatic carbocycles. The Morgan fingerprint density at radius 1 is 1.31 bits per heavy atom. The first-order valence-electron chi connectivity index (χ1n) is 11.1. The first-order chi connectivity index (χ1) is 15.3. The van der Waals surface area contributed by atoms with Gasteiger partial charge in [-0.2, -0.15) is 0 Å².